The largest absolute Gasteiger partial charge is 0.314 e. The molecule has 16 heavy (non-hydrogen) atoms. The third-order valence-electron chi connectivity index (χ3n) is 3.72. The topological polar surface area (TPSA) is 44.0 Å². The number of hydrogen-bond acceptors (Lipinski definition) is 3. The molecule has 0 radical (unpaired) electrons. The molecular formula is C12H20N4. The zero-order valence-electron chi connectivity index (χ0n) is 9.76. The molecule has 1 aromatic rings. The number of nitrogens with zero attached hydrogens (tertiary/aromatic N) is 2. The van der Waals surface area contributed by atoms with E-state index in [4.69, 9.17) is 0 Å². The predicted octanol–water partition coefficient (Wildman–Crippen LogP) is 0.694. The zero-order valence-corrected chi connectivity index (χ0v) is 9.76. The van der Waals surface area contributed by atoms with Crippen molar-refractivity contribution < 1.29 is 0 Å². The van der Waals surface area contributed by atoms with Gasteiger partial charge in [0.25, 0.3) is 0 Å². The van der Waals surface area contributed by atoms with Crippen LogP contribution in [0.4, 0.5) is 0 Å². The molecule has 0 atom stereocenters. The van der Waals surface area contributed by atoms with Gasteiger partial charge >= 0.3 is 0 Å². The summed E-state index contributed by atoms with van der Waals surface area (Å²) in [5.41, 5.74) is 4.22. The fraction of sp³-hybridized carbons (Fsp3) is 0.750. The molecular weight excluding hydrogens is 200 g/mol. The molecule has 2 aliphatic rings. The van der Waals surface area contributed by atoms with E-state index in [9.17, 15) is 0 Å². The van der Waals surface area contributed by atoms with Crippen molar-refractivity contribution in [2.24, 2.45) is 0 Å². The highest BCUT2D eigenvalue weighted by Gasteiger charge is 2.19. The maximum absolute atomic E-state index is 4.50. The molecule has 1 aliphatic carbocycles. The monoisotopic (exact) mass is 220 g/mol. The molecule has 0 spiro atoms. The Labute approximate surface area is 96.4 Å². The first-order valence-electron chi connectivity index (χ1n) is 6.41. The Morgan fingerprint density at radius 2 is 1.94 bits per heavy atom. The summed E-state index contributed by atoms with van der Waals surface area (Å²) in [5.74, 6) is 0. The summed E-state index contributed by atoms with van der Waals surface area (Å²) >= 11 is 0. The number of hydrogen-bond donors (Lipinski definition) is 2. The molecule has 2 heterocycles. The second-order valence-electron chi connectivity index (χ2n) is 4.86. The molecule has 4 heteroatoms. The van der Waals surface area contributed by atoms with Crippen LogP contribution in [0.1, 0.15) is 29.8 Å². The van der Waals surface area contributed by atoms with Crippen molar-refractivity contribution in [3.8, 4) is 0 Å². The fourth-order valence-corrected chi connectivity index (χ4v) is 2.76. The smallest absolute Gasteiger partial charge is 0.0797 e. The van der Waals surface area contributed by atoms with E-state index in [0.29, 0.717) is 0 Å². The quantitative estimate of drug-likeness (QED) is 0.771. The van der Waals surface area contributed by atoms with Crippen molar-refractivity contribution in [1.29, 1.82) is 0 Å². The van der Waals surface area contributed by atoms with Gasteiger partial charge in [0.2, 0.25) is 0 Å². The summed E-state index contributed by atoms with van der Waals surface area (Å²) < 4.78 is 0. The molecule has 0 bridgehead atoms. The van der Waals surface area contributed by atoms with Crippen molar-refractivity contribution in [2.45, 2.75) is 32.2 Å². The van der Waals surface area contributed by atoms with Crippen LogP contribution in [-0.4, -0.2) is 41.3 Å². The first-order valence-corrected chi connectivity index (χ1v) is 6.41. The average Bonchev–Trinajstić information content (AvgIpc) is 2.74. The molecule has 1 saturated heterocycles. The Morgan fingerprint density at radius 1 is 1.12 bits per heavy atom. The maximum atomic E-state index is 4.50. The Hall–Kier alpha value is -0.870. The third kappa shape index (κ3) is 1.99. The van der Waals surface area contributed by atoms with Crippen LogP contribution in [0.15, 0.2) is 0 Å². The first-order chi connectivity index (χ1) is 7.93. The molecule has 0 amide bonds. The van der Waals surface area contributed by atoms with E-state index >= 15 is 0 Å². The zero-order chi connectivity index (χ0) is 10.8. The minimum absolute atomic E-state index is 1.04. The Morgan fingerprint density at radius 3 is 2.81 bits per heavy atom. The SMILES string of the molecule is C1CCc2c(CN3CCNCC3)n[nH]c2C1. The van der Waals surface area contributed by atoms with Gasteiger partial charge in [-0.3, -0.25) is 10.00 Å². The van der Waals surface area contributed by atoms with Gasteiger partial charge in [-0.05, 0) is 31.2 Å². The number of aromatic nitrogens is 2. The summed E-state index contributed by atoms with van der Waals surface area (Å²) in [7, 11) is 0. The Kier molecular flexibility index (Phi) is 2.93. The summed E-state index contributed by atoms with van der Waals surface area (Å²) in [6.07, 6.45) is 5.08. The number of fused-ring (bicyclic) bond motifs is 1. The lowest BCUT2D eigenvalue weighted by Gasteiger charge is -2.26. The Bertz CT molecular complexity index is 352. The lowest BCUT2D eigenvalue weighted by molar-refractivity contribution is 0.230. The summed E-state index contributed by atoms with van der Waals surface area (Å²) in [4.78, 5) is 2.50. The van der Waals surface area contributed by atoms with Gasteiger partial charge in [0.15, 0.2) is 0 Å². The number of H-pyrrole nitrogens is 1. The number of rotatable bonds is 2. The Balaban J connectivity index is 1.71. The molecule has 0 aromatic carbocycles. The molecule has 1 aliphatic heterocycles. The van der Waals surface area contributed by atoms with Crippen LogP contribution in [0.25, 0.3) is 0 Å². The van der Waals surface area contributed by atoms with Crippen molar-refractivity contribution in [2.75, 3.05) is 26.2 Å². The fourth-order valence-electron chi connectivity index (χ4n) is 2.76. The molecule has 0 saturated carbocycles. The number of aromatic amines is 1. The highest BCUT2D eigenvalue weighted by atomic mass is 15.2. The van der Waals surface area contributed by atoms with E-state index in [1.165, 1.54) is 42.6 Å². The second-order valence-corrected chi connectivity index (χ2v) is 4.86. The van der Waals surface area contributed by atoms with E-state index < -0.39 is 0 Å². The summed E-state index contributed by atoms with van der Waals surface area (Å²) in [6.45, 7) is 5.58. The number of nitrogens with one attached hydrogen (secondary N) is 2. The van der Waals surface area contributed by atoms with Crippen molar-refractivity contribution in [3.63, 3.8) is 0 Å². The van der Waals surface area contributed by atoms with Crippen LogP contribution in [0, 0.1) is 0 Å². The number of piperazine rings is 1. The van der Waals surface area contributed by atoms with E-state index in [0.717, 1.165) is 32.7 Å². The lowest BCUT2D eigenvalue weighted by Crippen LogP contribution is -2.43. The molecule has 1 fully saturated rings. The van der Waals surface area contributed by atoms with Gasteiger partial charge in [-0.15, -0.1) is 0 Å². The molecule has 3 rings (SSSR count). The van der Waals surface area contributed by atoms with Crippen LogP contribution < -0.4 is 5.32 Å². The minimum Gasteiger partial charge on any atom is -0.314 e. The van der Waals surface area contributed by atoms with Crippen molar-refractivity contribution in [3.05, 3.63) is 17.0 Å². The van der Waals surface area contributed by atoms with E-state index in [1.807, 2.05) is 0 Å². The van der Waals surface area contributed by atoms with Gasteiger partial charge < -0.3 is 5.32 Å². The maximum Gasteiger partial charge on any atom is 0.0797 e. The van der Waals surface area contributed by atoms with Crippen LogP contribution >= 0.6 is 0 Å². The highest BCUT2D eigenvalue weighted by molar-refractivity contribution is 5.27. The third-order valence-corrected chi connectivity index (χ3v) is 3.72. The highest BCUT2D eigenvalue weighted by Crippen LogP contribution is 2.22. The average molecular weight is 220 g/mol. The summed E-state index contributed by atoms with van der Waals surface area (Å²) in [6, 6.07) is 0. The second kappa shape index (κ2) is 4.55. The summed E-state index contributed by atoms with van der Waals surface area (Å²) in [5, 5.41) is 11.1. The van der Waals surface area contributed by atoms with Gasteiger partial charge in [0.1, 0.15) is 0 Å². The molecule has 4 nitrogen and oxygen atoms in total. The molecule has 1 aromatic heterocycles. The van der Waals surface area contributed by atoms with Crippen LogP contribution in [-0.2, 0) is 19.4 Å². The molecule has 0 unspecified atom stereocenters. The first kappa shape index (κ1) is 10.3. The number of aryl methyl sites for hydroxylation is 1. The van der Waals surface area contributed by atoms with Gasteiger partial charge in [-0.25, -0.2) is 0 Å². The predicted molar refractivity (Wildman–Crippen MR) is 63.4 cm³/mol. The van der Waals surface area contributed by atoms with E-state index in [-0.39, 0.29) is 0 Å². The molecule has 2 N–H and O–H groups in total. The van der Waals surface area contributed by atoms with Gasteiger partial charge in [0.05, 0.1) is 5.69 Å². The normalized spacial score (nSPS) is 22.0. The lowest BCUT2D eigenvalue weighted by atomic mass is 9.96. The van der Waals surface area contributed by atoms with Gasteiger partial charge in [0, 0.05) is 38.4 Å². The molecule has 88 valence electrons. The van der Waals surface area contributed by atoms with Gasteiger partial charge in [-0.2, -0.15) is 5.10 Å². The van der Waals surface area contributed by atoms with Crippen molar-refractivity contribution in [1.82, 2.24) is 20.4 Å². The van der Waals surface area contributed by atoms with Crippen LogP contribution in [0.5, 0.6) is 0 Å². The van der Waals surface area contributed by atoms with Crippen molar-refractivity contribution >= 4 is 0 Å². The minimum atomic E-state index is 1.04. The van der Waals surface area contributed by atoms with E-state index in [2.05, 4.69) is 20.4 Å². The van der Waals surface area contributed by atoms with Gasteiger partial charge in [-0.1, -0.05) is 0 Å². The van der Waals surface area contributed by atoms with Crippen LogP contribution in [0.2, 0.25) is 0 Å². The van der Waals surface area contributed by atoms with E-state index in [1.54, 1.807) is 0 Å². The van der Waals surface area contributed by atoms with Crippen LogP contribution in [0.3, 0.4) is 0 Å². The standard InChI is InChI=1S/C12H20N4/c1-2-4-11-10(3-1)12(15-14-11)9-16-7-5-13-6-8-16/h13H,1-9H2,(H,14,15).